The lowest BCUT2D eigenvalue weighted by molar-refractivity contribution is -0.148. The Balaban J connectivity index is 1.69. The molecular weight excluding hydrogens is 402 g/mol. The third kappa shape index (κ3) is 3.41. The molecule has 6 nitrogen and oxygen atoms in total. The van der Waals surface area contributed by atoms with Crippen LogP contribution in [0.3, 0.4) is 0 Å². The zero-order valence-corrected chi connectivity index (χ0v) is 18.0. The van der Waals surface area contributed by atoms with E-state index < -0.39 is 23.8 Å². The predicted molar refractivity (Wildman–Crippen MR) is 115 cm³/mol. The van der Waals surface area contributed by atoms with Gasteiger partial charge in [0.15, 0.2) is 0 Å². The van der Waals surface area contributed by atoms with E-state index in [4.69, 9.17) is 4.74 Å². The number of benzene rings is 1. The van der Waals surface area contributed by atoms with Crippen molar-refractivity contribution < 1.29 is 24.2 Å². The summed E-state index contributed by atoms with van der Waals surface area (Å²) >= 11 is 1.27. The Morgan fingerprint density at radius 2 is 1.80 bits per heavy atom. The minimum atomic E-state index is -0.905. The first kappa shape index (κ1) is 20.6. The maximum Gasteiger partial charge on any atom is 0.341 e. The molecule has 7 heteroatoms. The van der Waals surface area contributed by atoms with Crippen LogP contribution in [-0.4, -0.2) is 30.1 Å². The Kier molecular flexibility index (Phi) is 5.40. The summed E-state index contributed by atoms with van der Waals surface area (Å²) < 4.78 is 5.01. The monoisotopic (exact) mass is 427 g/mol. The van der Waals surface area contributed by atoms with Crippen molar-refractivity contribution >= 4 is 34.2 Å². The second-order valence-electron chi connectivity index (χ2n) is 8.38. The van der Waals surface area contributed by atoms with E-state index in [1.54, 1.807) is 0 Å². The van der Waals surface area contributed by atoms with E-state index in [1.807, 2.05) is 37.4 Å². The summed E-state index contributed by atoms with van der Waals surface area (Å²) in [7, 11) is 1.31. The van der Waals surface area contributed by atoms with Crippen LogP contribution in [0.2, 0.25) is 0 Å². The first-order chi connectivity index (χ1) is 14.3. The fourth-order valence-corrected chi connectivity index (χ4v) is 6.15. The maximum atomic E-state index is 13.1. The number of ether oxygens (including phenoxy) is 1. The molecule has 0 spiro atoms. The number of aryl methyl sites for hydroxylation is 2. The zero-order chi connectivity index (χ0) is 21.6. The van der Waals surface area contributed by atoms with Gasteiger partial charge in [0.1, 0.15) is 10.6 Å². The number of anilines is 1. The summed E-state index contributed by atoms with van der Waals surface area (Å²) in [5.41, 5.74) is 4.02. The fraction of sp³-hybridized carbons (Fsp3) is 0.435. The predicted octanol–water partition coefficient (Wildman–Crippen LogP) is 4.50. The Morgan fingerprint density at radius 1 is 1.10 bits per heavy atom. The van der Waals surface area contributed by atoms with Crippen molar-refractivity contribution in [2.24, 2.45) is 23.7 Å². The molecule has 2 bridgehead atoms. The molecule has 158 valence electrons. The SMILES string of the molecule is COC(=O)c1c(-c2cc(C)ccc2C)csc1NC(=O)[C@@H]1[C@@H]2CC[C@@H](C2)[C@@H]1C(=O)O. The average Bonchev–Trinajstić information content (AvgIpc) is 3.43. The van der Waals surface area contributed by atoms with Gasteiger partial charge in [0.05, 0.1) is 18.9 Å². The molecule has 0 unspecified atom stereocenters. The van der Waals surface area contributed by atoms with E-state index in [9.17, 15) is 19.5 Å². The molecule has 4 rings (SSSR count). The summed E-state index contributed by atoms with van der Waals surface area (Å²) in [5, 5.41) is 14.8. The molecule has 2 aromatic rings. The smallest absolute Gasteiger partial charge is 0.341 e. The highest BCUT2D eigenvalue weighted by atomic mass is 32.1. The third-order valence-corrected chi connectivity index (χ3v) is 7.50. The fourth-order valence-electron chi connectivity index (χ4n) is 5.20. The highest BCUT2D eigenvalue weighted by molar-refractivity contribution is 7.15. The second kappa shape index (κ2) is 7.87. The Bertz CT molecular complexity index is 1030. The van der Waals surface area contributed by atoms with Gasteiger partial charge in [-0.3, -0.25) is 9.59 Å². The van der Waals surface area contributed by atoms with Gasteiger partial charge in [0, 0.05) is 10.9 Å². The minimum absolute atomic E-state index is 0.0668. The van der Waals surface area contributed by atoms with Gasteiger partial charge in [0.2, 0.25) is 5.91 Å². The number of aliphatic carboxylic acids is 1. The largest absolute Gasteiger partial charge is 0.481 e. The van der Waals surface area contributed by atoms with Crippen LogP contribution in [0.4, 0.5) is 5.00 Å². The van der Waals surface area contributed by atoms with Crippen LogP contribution in [0, 0.1) is 37.5 Å². The number of carboxylic acid groups (broad SMARTS) is 1. The zero-order valence-electron chi connectivity index (χ0n) is 17.2. The molecule has 30 heavy (non-hydrogen) atoms. The first-order valence-corrected chi connectivity index (χ1v) is 11.0. The van der Waals surface area contributed by atoms with Crippen molar-refractivity contribution in [2.75, 3.05) is 12.4 Å². The number of hydrogen-bond donors (Lipinski definition) is 2. The van der Waals surface area contributed by atoms with Crippen molar-refractivity contribution in [3.8, 4) is 11.1 Å². The van der Waals surface area contributed by atoms with Crippen LogP contribution in [0.25, 0.3) is 11.1 Å². The Labute approximate surface area is 179 Å². The van der Waals surface area contributed by atoms with Crippen molar-refractivity contribution in [1.82, 2.24) is 0 Å². The number of amides is 1. The molecule has 0 saturated heterocycles. The van der Waals surface area contributed by atoms with E-state index in [1.165, 1.54) is 18.4 Å². The Hall–Kier alpha value is -2.67. The maximum absolute atomic E-state index is 13.1. The van der Waals surface area contributed by atoms with Gasteiger partial charge < -0.3 is 15.2 Å². The lowest BCUT2D eigenvalue weighted by Gasteiger charge is -2.26. The minimum Gasteiger partial charge on any atom is -0.481 e. The van der Waals surface area contributed by atoms with Crippen LogP contribution in [0.1, 0.15) is 40.7 Å². The van der Waals surface area contributed by atoms with Gasteiger partial charge in [-0.15, -0.1) is 11.3 Å². The molecule has 1 aromatic carbocycles. The number of methoxy groups -OCH3 is 1. The number of thiophene rings is 1. The summed E-state index contributed by atoms with van der Waals surface area (Å²) in [6.45, 7) is 3.95. The van der Waals surface area contributed by atoms with Gasteiger partial charge >= 0.3 is 11.9 Å². The van der Waals surface area contributed by atoms with E-state index in [-0.39, 0.29) is 17.7 Å². The molecular formula is C23H25NO5S. The van der Waals surface area contributed by atoms with Gasteiger partial charge in [-0.2, -0.15) is 0 Å². The number of hydrogen-bond acceptors (Lipinski definition) is 5. The summed E-state index contributed by atoms with van der Waals surface area (Å²) in [6.07, 6.45) is 2.54. The molecule has 0 aliphatic heterocycles. The van der Waals surface area contributed by atoms with Crippen LogP contribution < -0.4 is 5.32 Å². The average molecular weight is 428 g/mol. The molecule has 1 heterocycles. The quantitative estimate of drug-likeness (QED) is 0.685. The second-order valence-corrected chi connectivity index (χ2v) is 9.26. The highest BCUT2D eigenvalue weighted by Gasteiger charge is 2.54. The van der Waals surface area contributed by atoms with E-state index in [2.05, 4.69) is 5.32 Å². The highest BCUT2D eigenvalue weighted by Crippen LogP contribution is 2.53. The molecule has 2 N–H and O–H groups in total. The van der Waals surface area contributed by atoms with E-state index >= 15 is 0 Å². The number of carbonyl (C=O) groups is 3. The molecule has 1 aromatic heterocycles. The van der Waals surface area contributed by atoms with Crippen molar-refractivity contribution in [1.29, 1.82) is 0 Å². The van der Waals surface area contributed by atoms with Gasteiger partial charge in [0.25, 0.3) is 0 Å². The van der Waals surface area contributed by atoms with Gasteiger partial charge in [-0.1, -0.05) is 23.8 Å². The van der Waals surface area contributed by atoms with Crippen LogP contribution in [-0.2, 0) is 14.3 Å². The normalized spacial score (nSPS) is 24.6. The van der Waals surface area contributed by atoms with Crippen molar-refractivity contribution in [3.05, 3.63) is 40.3 Å². The number of carboxylic acids is 1. The summed E-state index contributed by atoms with van der Waals surface area (Å²) in [5.74, 6) is -2.79. The number of carbonyl (C=O) groups excluding carboxylic acids is 2. The summed E-state index contributed by atoms with van der Waals surface area (Å²) in [4.78, 5) is 37.5. The van der Waals surface area contributed by atoms with Crippen LogP contribution in [0.5, 0.6) is 0 Å². The summed E-state index contributed by atoms with van der Waals surface area (Å²) in [6, 6.07) is 6.01. The Morgan fingerprint density at radius 3 is 2.47 bits per heavy atom. The van der Waals surface area contributed by atoms with Gasteiger partial charge in [-0.05, 0) is 56.1 Å². The van der Waals surface area contributed by atoms with Crippen molar-refractivity contribution in [3.63, 3.8) is 0 Å². The molecule has 2 fully saturated rings. The van der Waals surface area contributed by atoms with E-state index in [0.717, 1.165) is 36.0 Å². The van der Waals surface area contributed by atoms with Gasteiger partial charge in [-0.25, -0.2) is 4.79 Å². The lowest BCUT2D eigenvalue weighted by atomic mass is 9.78. The lowest BCUT2D eigenvalue weighted by Crippen LogP contribution is -2.37. The standard InChI is InChI=1S/C23H25NO5S/c1-11-4-5-12(2)15(8-11)16-10-30-21(19(16)23(28)29-3)24-20(25)17-13-6-7-14(9-13)18(17)22(26)27/h4-5,8,10,13-14,17-18H,6-7,9H2,1-3H3,(H,24,25)(H,26,27)/t13-,14+,17-,18+/m1/s1. The molecule has 0 radical (unpaired) electrons. The number of rotatable bonds is 5. The first-order valence-electron chi connectivity index (χ1n) is 10.1. The molecule has 2 aliphatic carbocycles. The molecule has 1 amide bonds. The van der Waals surface area contributed by atoms with Crippen molar-refractivity contribution in [2.45, 2.75) is 33.1 Å². The topological polar surface area (TPSA) is 92.7 Å². The number of nitrogens with one attached hydrogen (secondary N) is 1. The molecule has 2 saturated carbocycles. The number of esters is 1. The number of fused-ring (bicyclic) bond motifs is 2. The van der Waals surface area contributed by atoms with E-state index in [0.29, 0.717) is 16.1 Å². The molecule has 2 aliphatic rings. The molecule has 4 atom stereocenters. The third-order valence-electron chi connectivity index (χ3n) is 6.60. The van der Waals surface area contributed by atoms with Crippen LogP contribution >= 0.6 is 11.3 Å². The van der Waals surface area contributed by atoms with Crippen LogP contribution in [0.15, 0.2) is 23.6 Å².